The highest BCUT2D eigenvalue weighted by atomic mass is 16.5. The van der Waals surface area contributed by atoms with Crippen LogP contribution in [0.1, 0.15) is 65.9 Å². The van der Waals surface area contributed by atoms with Gasteiger partial charge in [0.2, 0.25) is 11.8 Å². The van der Waals surface area contributed by atoms with Crippen LogP contribution in [0.15, 0.2) is 24.3 Å². The number of likely N-dealkylation sites (tertiary alicyclic amines) is 1. The lowest BCUT2D eigenvalue weighted by Gasteiger charge is -2.33. The fourth-order valence-corrected chi connectivity index (χ4v) is 4.40. The minimum Gasteiger partial charge on any atom is -0.494 e. The van der Waals surface area contributed by atoms with Gasteiger partial charge in [0.05, 0.1) is 6.61 Å². The summed E-state index contributed by atoms with van der Waals surface area (Å²) in [5.41, 5.74) is 1.44. The predicted octanol–water partition coefficient (Wildman–Crippen LogP) is 4.09. The van der Waals surface area contributed by atoms with Gasteiger partial charge in [-0.3, -0.25) is 9.59 Å². The van der Waals surface area contributed by atoms with Crippen LogP contribution in [0, 0.1) is 11.3 Å². The number of carbonyl (C=O) groups is 2. The van der Waals surface area contributed by atoms with Crippen LogP contribution in [0.2, 0.25) is 0 Å². The lowest BCUT2D eigenvalue weighted by Crippen LogP contribution is -2.46. The number of benzene rings is 1. The molecule has 0 radical (unpaired) electrons. The molecule has 1 aromatic rings. The smallest absolute Gasteiger partial charge is 0.223 e. The van der Waals surface area contributed by atoms with Crippen LogP contribution in [0.3, 0.4) is 0 Å². The minimum absolute atomic E-state index is 0.00334. The van der Waals surface area contributed by atoms with Gasteiger partial charge in [0.15, 0.2) is 0 Å². The number of ether oxygens (including phenoxy) is 1. The Morgan fingerprint density at radius 2 is 1.67 bits per heavy atom. The molecule has 1 fully saturated rings. The standard InChI is InChI=1S/C27H45N3O3/c1-26(2,3)22-10-12-23(13-11-22)33-18-8-9-24(31)30-16-14-21(15-17-30)25(32)28-19-27(4,5)20-29(6)7/h10-13,21H,8-9,14-20H2,1-7H3,(H,28,32). The fourth-order valence-electron chi connectivity index (χ4n) is 4.40. The third kappa shape index (κ3) is 9.36. The van der Waals surface area contributed by atoms with Crippen molar-refractivity contribution in [2.45, 2.75) is 65.7 Å². The molecular weight excluding hydrogens is 414 g/mol. The third-order valence-corrected chi connectivity index (χ3v) is 6.23. The van der Waals surface area contributed by atoms with E-state index in [9.17, 15) is 9.59 Å². The Morgan fingerprint density at radius 3 is 2.21 bits per heavy atom. The molecular formula is C27H45N3O3. The first-order chi connectivity index (χ1) is 15.4. The first-order valence-corrected chi connectivity index (χ1v) is 12.3. The zero-order valence-corrected chi connectivity index (χ0v) is 21.9. The molecule has 6 heteroatoms. The van der Waals surface area contributed by atoms with E-state index in [2.05, 4.69) is 57.0 Å². The number of carbonyl (C=O) groups excluding carboxylic acids is 2. The van der Waals surface area contributed by atoms with Crippen molar-refractivity contribution in [3.05, 3.63) is 29.8 Å². The highest BCUT2D eigenvalue weighted by molar-refractivity contribution is 5.80. The van der Waals surface area contributed by atoms with Crippen molar-refractivity contribution in [2.24, 2.45) is 11.3 Å². The Morgan fingerprint density at radius 1 is 1.06 bits per heavy atom. The average molecular weight is 460 g/mol. The highest BCUT2D eigenvalue weighted by Crippen LogP contribution is 2.24. The van der Waals surface area contributed by atoms with Gasteiger partial charge in [0.1, 0.15) is 5.75 Å². The molecule has 6 nitrogen and oxygen atoms in total. The van der Waals surface area contributed by atoms with Gasteiger partial charge in [0.25, 0.3) is 0 Å². The molecule has 0 bridgehead atoms. The van der Waals surface area contributed by atoms with Crippen LogP contribution in [-0.4, -0.2) is 68.5 Å². The Balaban J connectivity index is 1.65. The predicted molar refractivity (Wildman–Crippen MR) is 135 cm³/mol. The van der Waals surface area contributed by atoms with Crippen LogP contribution in [0.25, 0.3) is 0 Å². The quantitative estimate of drug-likeness (QED) is 0.536. The Kier molecular flexibility index (Phi) is 9.77. The number of hydrogen-bond acceptors (Lipinski definition) is 4. The third-order valence-electron chi connectivity index (χ3n) is 6.23. The molecule has 1 saturated heterocycles. The maximum absolute atomic E-state index is 12.6. The van der Waals surface area contributed by atoms with Gasteiger partial charge < -0.3 is 19.9 Å². The van der Waals surface area contributed by atoms with Gasteiger partial charge in [-0.2, -0.15) is 0 Å². The Bertz CT molecular complexity index is 758. The van der Waals surface area contributed by atoms with Crippen molar-refractivity contribution in [2.75, 3.05) is 46.9 Å². The van der Waals surface area contributed by atoms with Gasteiger partial charge in [-0.15, -0.1) is 0 Å². The lowest BCUT2D eigenvalue weighted by molar-refractivity contribution is -0.135. The van der Waals surface area contributed by atoms with E-state index < -0.39 is 0 Å². The van der Waals surface area contributed by atoms with Crippen LogP contribution in [0.4, 0.5) is 0 Å². The van der Waals surface area contributed by atoms with Gasteiger partial charge in [-0.1, -0.05) is 46.8 Å². The number of nitrogens with zero attached hydrogens (tertiary/aromatic N) is 2. The van der Waals surface area contributed by atoms with Crippen molar-refractivity contribution in [3.8, 4) is 5.75 Å². The molecule has 1 aliphatic rings. The molecule has 1 heterocycles. The molecule has 0 saturated carbocycles. The summed E-state index contributed by atoms with van der Waals surface area (Å²) in [7, 11) is 4.10. The molecule has 0 atom stereocenters. The van der Waals surface area contributed by atoms with E-state index in [4.69, 9.17) is 4.74 Å². The van der Waals surface area contributed by atoms with E-state index in [0.29, 0.717) is 39.1 Å². The largest absolute Gasteiger partial charge is 0.494 e. The van der Waals surface area contributed by atoms with Crippen molar-refractivity contribution >= 4 is 11.8 Å². The van der Waals surface area contributed by atoms with E-state index >= 15 is 0 Å². The highest BCUT2D eigenvalue weighted by Gasteiger charge is 2.28. The first kappa shape index (κ1) is 27.2. The summed E-state index contributed by atoms with van der Waals surface area (Å²) in [6.45, 7) is 14.3. The Hall–Kier alpha value is -2.08. The molecule has 2 amide bonds. The molecule has 1 N–H and O–H groups in total. The van der Waals surface area contributed by atoms with Crippen molar-refractivity contribution in [1.82, 2.24) is 15.1 Å². The SMILES string of the molecule is CN(C)CC(C)(C)CNC(=O)C1CCN(C(=O)CCCOc2ccc(C(C)(C)C)cc2)CC1. The second-order valence-corrected chi connectivity index (χ2v) is 11.5. The average Bonchev–Trinajstić information content (AvgIpc) is 2.74. The fraction of sp³-hybridized carbons (Fsp3) is 0.704. The topological polar surface area (TPSA) is 61.9 Å². The monoisotopic (exact) mass is 459 g/mol. The van der Waals surface area contributed by atoms with Gasteiger partial charge >= 0.3 is 0 Å². The van der Waals surface area contributed by atoms with Gasteiger partial charge in [-0.25, -0.2) is 0 Å². The molecule has 0 unspecified atom stereocenters. The summed E-state index contributed by atoms with van der Waals surface area (Å²) >= 11 is 0. The second kappa shape index (κ2) is 11.9. The lowest BCUT2D eigenvalue weighted by atomic mass is 9.87. The van der Waals surface area contributed by atoms with E-state index in [1.165, 1.54) is 5.56 Å². The van der Waals surface area contributed by atoms with Gasteiger partial charge in [0, 0.05) is 38.5 Å². The van der Waals surface area contributed by atoms with Crippen molar-refractivity contribution < 1.29 is 14.3 Å². The molecule has 186 valence electrons. The number of piperidine rings is 1. The minimum atomic E-state index is 0.00334. The molecule has 33 heavy (non-hydrogen) atoms. The summed E-state index contributed by atoms with van der Waals surface area (Å²) in [6.07, 6.45) is 2.65. The summed E-state index contributed by atoms with van der Waals surface area (Å²) in [5, 5.41) is 3.13. The maximum Gasteiger partial charge on any atom is 0.223 e. The van der Waals surface area contributed by atoms with E-state index in [1.807, 2.05) is 31.1 Å². The number of amides is 2. The second-order valence-electron chi connectivity index (χ2n) is 11.5. The van der Waals surface area contributed by atoms with Crippen LogP contribution < -0.4 is 10.1 Å². The summed E-state index contributed by atoms with van der Waals surface area (Å²) < 4.78 is 5.81. The number of hydrogen-bond donors (Lipinski definition) is 1. The van der Waals surface area contributed by atoms with E-state index in [0.717, 1.165) is 25.1 Å². The molecule has 1 aromatic carbocycles. The number of rotatable bonds is 10. The zero-order valence-electron chi connectivity index (χ0n) is 21.9. The normalized spacial score (nSPS) is 15.6. The summed E-state index contributed by atoms with van der Waals surface area (Å²) in [4.78, 5) is 29.2. The van der Waals surface area contributed by atoms with E-state index in [1.54, 1.807) is 0 Å². The Labute approximate surface area is 201 Å². The van der Waals surface area contributed by atoms with E-state index in [-0.39, 0.29) is 28.6 Å². The molecule has 0 aliphatic carbocycles. The molecule has 2 rings (SSSR count). The van der Waals surface area contributed by atoms with Crippen LogP contribution in [-0.2, 0) is 15.0 Å². The van der Waals surface area contributed by atoms with Gasteiger partial charge in [-0.05, 0) is 61.9 Å². The summed E-state index contributed by atoms with van der Waals surface area (Å²) in [5.74, 6) is 1.13. The van der Waals surface area contributed by atoms with Crippen LogP contribution >= 0.6 is 0 Å². The molecule has 0 spiro atoms. The first-order valence-electron chi connectivity index (χ1n) is 12.3. The maximum atomic E-state index is 12.6. The molecule has 0 aromatic heterocycles. The van der Waals surface area contributed by atoms with Crippen molar-refractivity contribution in [3.63, 3.8) is 0 Å². The van der Waals surface area contributed by atoms with Crippen molar-refractivity contribution in [1.29, 1.82) is 0 Å². The molecule has 1 aliphatic heterocycles. The number of nitrogens with one attached hydrogen (secondary N) is 1. The van der Waals surface area contributed by atoms with Crippen LogP contribution in [0.5, 0.6) is 5.75 Å². The summed E-state index contributed by atoms with van der Waals surface area (Å²) in [6, 6.07) is 8.20. The zero-order chi connectivity index (χ0) is 24.6.